The average Bonchev–Trinajstić information content (AvgIpc) is 2.36. The van der Waals surface area contributed by atoms with Gasteiger partial charge in [0.25, 0.3) is 5.69 Å². The van der Waals surface area contributed by atoms with Gasteiger partial charge in [0.2, 0.25) is 0 Å². The second-order valence-corrected chi connectivity index (χ2v) is 5.48. The molecule has 116 valence electrons. The number of nitro groups is 1. The maximum absolute atomic E-state index is 11.4. The number of nitrogens with one attached hydrogen (secondary N) is 2. The lowest BCUT2D eigenvalue weighted by atomic mass is 10.2. The van der Waals surface area contributed by atoms with E-state index in [0.29, 0.717) is 25.2 Å². The molecule has 0 fully saturated rings. The molecule has 1 aromatic carbocycles. The third kappa shape index (κ3) is 6.60. The van der Waals surface area contributed by atoms with Crippen LogP contribution in [-0.4, -0.2) is 29.7 Å². The summed E-state index contributed by atoms with van der Waals surface area (Å²) in [6.45, 7) is 6.33. The van der Waals surface area contributed by atoms with Crippen LogP contribution in [0.4, 0.5) is 16.2 Å². The first-order valence-corrected chi connectivity index (χ1v) is 6.74. The predicted molar refractivity (Wildman–Crippen MR) is 80.4 cm³/mol. The molecule has 0 spiro atoms. The second-order valence-electron chi connectivity index (χ2n) is 5.48. The van der Waals surface area contributed by atoms with Gasteiger partial charge in [-0.3, -0.25) is 10.1 Å². The van der Waals surface area contributed by atoms with Gasteiger partial charge < -0.3 is 15.4 Å². The first-order chi connectivity index (χ1) is 9.79. The van der Waals surface area contributed by atoms with Crippen LogP contribution in [0.15, 0.2) is 24.3 Å². The van der Waals surface area contributed by atoms with Crippen LogP contribution in [-0.2, 0) is 4.74 Å². The van der Waals surface area contributed by atoms with Gasteiger partial charge in [0, 0.05) is 19.2 Å². The van der Waals surface area contributed by atoms with Crippen LogP contribution in [0.3, 0.4) is 0 Å². The number of para-hydroxylation sites is 2. The molecule has 2 N–H and O–H groups in total. The molecule has 0 bridgehead atoms. The quantitative estimate of drug-likeness (QED) is 0.478. The molecule has 0 unspecified atom stereocenters. The van der Waals surface area contributed by atoms with Crippen molar-refractivity contribution >= 4 is 17.5 Å². The molecule has 0 saturated carbocycles. The molecular formula is C14H21N3O4. The summed E-state index contributed by atoms with van der Waals surface area (Å²) in [5.41, 5.74) is -0.00940. The Morgan fingerprint density at radius 3 is 2.57 bits per heavy atom. The fraction of sp³-hybridized carbons (Fsp3) is 0.500. The molecule has 0 saturated heterocycles. The summed E-state index contributed by atoms with van der Waals surface area (Å²) in [5.74, 6) is 0. The highest BCUT2D eigenvalue weighted by Crippen LogP contribution is 2.22. The molecule has 7 heteroatoms. The van der Waals surface area contributed by atoms with Gasteiger partial charge in [-0.05, 0) is 33.3 Å². The minimum absolute atomic E-state index is 0.0394. The van der Waals surface area contributed by atoms with Crippen LogP contribution < -0.4 is 10.6 Å². The Labute approximate surface area is 123 Å². The SMILES string of the molecule is CC(C)(C)OC(=O)NCCCNc1ccccc1[N+](=O)[O-]. The van der Waals surface area contributed by atoms with Crippen molar-refractivity contribution in [3.05, 3.63) is 34.4 Å². The largest absolute Gasteiger partial charge is 0.444 e. The van der Waals surface area contributed by atoms with Crippen LogP contribution >= 0.6 is 0 Å². The fourth-order valence-corrected chi connectivity index (χ4v) is 1.60. The number of nitrogens with zero attached hydrogens (tertiary/aromatic N) is 1. The van der Waals surface area contributed by atoms with E-state index in [4.69, 9.17) is 4.74 Å². The number of ether oxygens (including phenoxy) is 1. The van der Waals surface area contributed by atoms with Crippen molar-refractivity contribution in [2.45, 2.75) is 32.8 Å². The number of carbonyl (C=O) groups excluding carboxylic acids is 1. The molecule has 7 nitrogen and oxygen atoms in total. The molecule has 1 rings (SSSR count). The van der Waals surface area contributed by atoms with E-state index in [1.54, 1.807) is 39.0 Å². The molecule has 0 aliphatic heterocycles. The summed E-state index contributed by atoms with van der Waals surface area (Å²) in [6, 6.07) is 6.45. The van der Waals surface area contributed by atoms with Gasteiger partial charge in [-0.1, -0.05) is 12.1 Å². The highest BCUT2D eigenvalue weighted by atomic mass is 16.6. The van der Waals surface area contributed by atoms with E-state index in [2.05, 4.69) is 10.6 Å². The molecule has 1 amide bonds. The maximum Gasteiger partial charge on any atom is 0.407 e. The van der Waals surface area contributed by atoms with E-state index in [1.807, 2.05) is 0 Å². The van der Waals surface area contributed by atoms with Crippen LogP contribution in [0.2, 0.25) is 0 Å². The van der Waals surface area contributed by atoms with Crippen LogP contribution in [0.1, 0.15) is 27.2 Å². The maximum atomic E-state index is 11.4. The molecule has 0 atom stereocenters. The lowest BCUT2D eigenvalue weighted by Gasteiger charge is -2.19. The third-order valence-corrected chi connectivity index (χ3v) is 2.44. The molecule has 0 aliphatic rings. The van der Waals surface area contributed by atoms with Crippen molar-refractivity contribution in [1.29, 1.82) is 0 Å². The lowest BCUT2D eigenvalue weighted by Crippen LogP contribution is -2.33. The first-order valence-electron chi connectivity index (χ1n) is 6.74. The Morgan fingerprint density at radius 2 is 1.95 bits per heavy atom. The number of amides is 1. The van der Waals surface area contributed by atoms with Gasteiger partial charge in [-0.2, -0.15) is 0 Å². The molecule has 0 aromatic heterocycles. The first kappa shape index (κ1) is 16.7. The second kappa shape index (κ2) is 7.47. The van der Waals surface area contributed by atoms with E-state index in [9.17, 15) is 14.9 Å². The summed E-state index contributed by atoms with van der Waals surface area (Å²) in [4.78, 5) is 21.8. The zero-order valence-electron chi connectivity index (χ0n) is 12.5. The van der Waals surface area contributed by atoms with Gasteiger partial charge in [-0.25, -0.2) is 4.79 Å². The van der Waals surface area contributed by atoms with Crippen molar-refractivity contribution in [2.24, 2.45) is 0 Å². The molecular weight excluding hydrogens is 274 g/mol. The van der Waals surface area contributed by atoms with Crippen LogP contribution in [0, 0.1) is 10.1 Å². The van der Waals surface area contributed by atoms with E-state index in [-0.39, 0.29) is 5.69 Å². The van der Waals surface area contributed by atoms with Crippen molar-refractivity contribution in [3.63, 3.8) is 0 Å². The van der Waals surface area contributed by atoms with Gasteiger partial charge in [0.1, 0.15) is 11.3 Å². The van der Waals surface area contributed by atoms with E-state index in [1.165, 1.54) is 6.07 Å². The normalized spacial score (nSPS) is 10.8. The number of benzene rings is 1. The number of nitro benzene ring substituents is 1. The average molecular weight is 295 g/mol. The minimum atomic E-state index is -0.521. The van der Waals surface area contributed by atoms with Crippen molar-refractivity contribution < 1.29 is 14.5 Å². The number of rotatable bonds is 6. The third-order valence-electron chi connectivity index (χ3n) is 2.44. The summed E-state index contributed by atoms with van der Waals surface area (Å²) < 4.78 is 5.09. The highest BCUT2D eigenvalue weighted by molar-refractivity contribution is 5.67. The zero-order valence-corrected chi connectivity index (χ0v) is 12.5. The topological polar surface area (TPSA) is 93.5 Å². The molecule has 0 radical (unpaired) electrons. The number of hydrogen-bond donors (Lipinski definition) is 2. The Morgan fingerprint density at radius 1 is 1.29 bits per heavy atom. The number of carbonyl (C=O) groups is 1. The smallest absolute Gasteiger partial charge is 0.407 e. The van der Waals surface area contributed by atoms with Gasteiger partial charge in [0.15, 0.2) is 0 Å². The molecule has 0 heterocycles. The molecule has 21 heavy (non-hydrogen) atoms. The van der Waals surface area contributed by atoms with E-state index in [0.717, 1.165) is 0 Å². The van der Waals surface area contributed by atoms with Crippen molar-refractivity contribution in [2.75, 3.05) is 18.4 Å². The Kier molecular flexibility index (Phi) is 5.95. The summed E-state index contributed by atoms with van der Waals surface area (Å²) in [5, 5.41) is 16.4. The molecule has 1 aromatic rings. The number of anilines is 1. The summed E-state index contributed by atoms with van der Waals surface area (Å²) in [6.07, 6.45) is 0.166. The Hall–Kier alpha value is -2.31. The predicted octanol–water partition coefficient (Wildman–Crippen LogP) is 2.92. The Bertz CT molecular complexity index is 497. The van der Waals surface area contributed by atoms with Gasteiger partial charge in [-0.15, -0.1) is 0 Å². The zero-order chi connectivity index (χ0) is 15.9. The summed E-state index contributed by atoms with van der Waals surface area (Å²) >= 11 is 0. The van der Waals surface area contributed by atoms with Crippen molar-refractivity contribution in [3.8, 4) is 0 Å². The standard InChI is InChI=1S/C14H21N3O4/c1-14(2,3)21-13(18)16-10-6-9-15-11-7-4-5-8-12(11)17(19)20/h4-5,7-8,15H,6,9-10H2,1-3H3,(H,16,18). The van der Waals surface area contributed by atoms with Crippen LogP contribution in [0.5, 0.6) is 0 Å². The minimum Gasteiger partial charge on any atom is -0.444 e. The lowest BCUT2D eigenvalue weighted by molar-refractivity contribution is -0.384. The van der Waals surface area contributed by atoms with Gasteiger partial charge >= 0.3 is 6.09 Å². The number of alkyl carbamates (subject to hydrolysis) is 1. The molecule has 0 aliphatic carbocycles. The van der Waals surface area contributed by atoms with E-state index < -0.39 is 16.6 Å². The van der Waals surface area contributed by atoms with Gasteiger partial charge in [0.05, 0.1) is 4.92 Å². The monoisotopic (exact) mass is 295 g/mol. The van der Waals surface area contributed by atoms with Crippen molar-refractivity contribution in [1.82, 2.24) is 5.32 Å². The van der Waals surface area contributed by atoms with Crippen LogP contribution in [0.25, 0.3) is 0 Å². The number of hydrogen-bond acceptors (Lipinski definition) is 5. The Balaban J connectivity index is 2.29. The van der Waals surface area contributed by atoms with E-state index >= 15 is 0 Å². The fourth-order valence-electron chi connectivity index (χ4n) is 1.60. The summed E-state index contributed by atoms with van der Waals surface area (Å²) in [7, 11) is 0. The highest BCUT2D eigenvalue weighted by Gasteiger charge is 2.15.